The summed E-state index contributed by atoms with van der Waals surface area (Å²) < 4.78 is 0. The van der Waals surface area contributed by atoms with Crippen molar-refractivity contribution in [3.63, 3.8) is 0 Å². The van der Waals surface area contributed by atoms with Crippen LogP contribution >= 0.6 is 11.3 Å². The minimum Gasteiger partial charge on any atom is -0.383 e. The number of nitrogens with one attached hydrogen (secondary N) is 1. The van der Waals surface area contributed by atoms with Crippen molar-refractivity contribution in [2.45, 2.75) is 13.0 Å². The Morgan fingerprint density at radius 1 is 1.42 bits per heavy atom. The third kappa shape index (κ3) is 2.66. The van der Waals surface area contributed by atoms with E-state index in [9.17, 15) is 4.79 Å². The third-order valence-electron chi connectivity index (χ3n) is 3.17. The standard InChI is InChI=1S/C12H15N5OS/c13-11-8-2-6-19-12(8)16-9(15-11)7-17-4-1-10(18)14-3-5-17/h2,6H,1,3-5,7H2,(H,14,18)(H2,13,15,16). The topological polar surface area (TPSA) is 84.1 Å². The second kappa shape index (κ2) is 5.10. The van der Waals surface area contributed by atoms with Crippen LogP contribution in [0.25, 0.3) is 10.2 Å². The number of carbonyl (C=O) groups is 1. The van der Waals surface area contributed by atoms with Gasteiger partial charge < -0.3 is 11.1 Å². The molecule has 1 amide bonds. The summed E-state index contributed by atoms with van der Waals surface area (Å²) in [7, 11) is 0. The van der Waals surface area contributed by atoms with E-state index in [4.69, 9.17) is 5.73 Å². The quantitative estimate of drug-likeness (QED) is 0.839. The molecule has 0 radical (unpaired) electrons. The molecule has 0 bridgehead atoms. The zero-order valence-electron chi connectivity index (χ0n) is 10.4. The summed E-state index contributed by atoms with van der Waals surface area (Å²) in [6, 6.07) is 1.94. The maximum atomic E-state index is 11.3. The van der Waals surface area contributed by atoms with Crippen molar-refractivity contribution >= 4 is 33.3 Å². The fraction of sp³-hybridized carbons (Fsp3) is 0.417. The number of thiophene rings is 1. The van der Waals surface area contributed by atoms with Gasteiger partial charge in [0.05, 0.1) is 11.9 Å². The summed E-state index contributed by atoms with van der Waals surface area (Å²) >= 11 is 1.57. The molecule has 3 heterocycles. The van der Waals surface area contributed by atoms with Crippen molar-refractivity contribution in [1.82, 2.24) is 20.2 Å². The number of amides is 1. The lowest BCUT2D eigenvalue weighted by Gasteiger charge is -2.17. The fourth-order valence-electron chi connectivity index (χ4n) is 2.17. The van der Waals surface area contributed by atoms with Gasteiger partial charge in [0.25, 0.3) is 0 Å². The molecular formula is C12H15N5OS. The molecule has 1 fully saturated rings. The molecule has 100 valence electrons. The van der Waals surface area contributed by atoms with Crippen molar-refractivity contribution in [2.75, 3.05) is 25.4 Å². The zero-order chi connectivity index (χ0) is 13.2. The lowest BCUT2D eigenvalue weighted by atomic mass is 10.3. The van der Waals surface area contributed by atoms with E-state index in [-0.39, 0.29) is 5.91 Å². The van der Waals surface area contributed by atoms with Gasteiger partial charge in [0.1, 0.15) is 16.5 Å². The second-order valence-electron chi connectivity index (χ2n) is 4.54. The van der Waals surface area contributed by atoms with E-state index in [1.165, 1.54) is 0 Å². The molecule has 19 heavy (non-hydrogen) atoms. The Hall–Kier alpha value is -1.73. The number of nitrogen functional groups attached to an aromatic ring is 1. The maximum Gasteiger partial charge on any atom is 0.221 e. The van der Waals surface area contributed by atoms with Gasteiger partial charge >= 0.3 is 0 Å². The molecule has 2 aromatic heterocycles. The lowest BCUT2D eigenvalue weighted by Crippen LogP contribution is -2.29. The van der Waals surface area contributed by atoms with Crippen LogP contribution in [0.5, 0.6) is 0 Å². The number of aromatic nitrogens is 2. The monoisotopic (exact) mass is 277 g/mol. The van der Waals surface area contributed by atoms with Crippen molar-refractivity contribution < 1.29 is 4.79 Å². The van der Waals surface area contributed by atoms with Gasteiger partial charge in [-0.15, -0.1) is 11.3 Å². The van der Waals surface area contributed by atoms with Crippen LogP contribution in [-0.4, -0.2) is 40.4 Å². The predicted molar refractivity (Wildman–Crippen MR) is 74.7 cm³/mol. The first-order valence-corrected chi connectivity index (χ1v) is 7.09. The van der Waals surface area contributed by atoms with Crippen LogP contribution < -0.4 is 11.1 Å². The van der Waals surface area contributed by atoms with Crippen molar-refractivity contribution in [2.24, 2.45) is 0 Å². The first kappa shape index (κ1) is 12.3. The summed E-state index contributed by atoms with van der Waals surface area (Å²) in [5, 5.41) is 5.74. The maximum absolute atomic E-state index is 11.3. The van der Waals surface area contributed by atoms with E-state index >= 15 is 0 Å². The van der Waals surface area contributed by atoms with Crippen LogP contribution in [-0.2, 0) is 11.3 Å². The molecule has 7 heteroatoms. The minimum absolute atomic E-state index is 0.108. The van der Waals surface area contributed by atoms with Crippen LogP contribution in [0.15, 0.2) is 11.4 Å². The second-order valence-corrected chi connectivity index (χ2v) is 5.44. The SMILES string of the molecule is Nc1nc(CN2CCNC(=O)CC2)nc2sccc12. The molecule has 6 nitrogen and oxygen atoms in total. The Balaban J connectivity index is 1.78. The Morgan fingerprint density at radius 3 is 3.21 bits per heavy atom. The summed E-state index contributed by atoms with van der Waals surface area (Å²) in [6.07, 6.45) is 0.525. The van der Waals surface area contributed by atoms with E-state index in [2.05, 4.69) is 20.2 Å². The van der Waals surface area contributed by atoms with E-state index in [0.29, 0.717) is 25.3 Å². The molecule has 0 spiro atoms. The van der Waals surface area contributed by atoms with E-state index in [1.807, 2.05) is 11.4 Å². The average molecular weight is 277 g/mol. The highest BCUT2D eigenvalue weighted by atomic mass is 32.1. The number of hydrogen-bond donors (Lipinski definition) is 2. The summed E-state index contributed by atoms with van der Waals surface area (Å²) in [5.74, 6) is 1.36. The first-order chi connectivity index (χ1) is 9.22. The van der Waals surface area contributed by atoms with Gasteiger partial charge in [0.2, 0.25) is 5.91 Å². The van der Waals surface area contributed by atoms with Gasteiger partial charge in [-0.25, -0.2) is 9.97 Å². The Bertz CT molecular complexity index is 611. The Kier molecular flexibility index (Phi) is 3.31. The number of nitrogens with zero attached hydrogens (tertiary/aromatic N) is 3. The smallest absolute Gasteiger partial charge is 0.221 e. The predicted octanol–water partition coefficient (Wildman–Crippen LogP) is 0.595. The van der Waals surface area contributed by atoms with Gasteiger partial charge in [-0.2, -0.15) is 0 Å². The molecule has 1 aliphatic heterocycles. The van der Waals surface area contributed by atoms with Gasteiger partial charge in [-0.3, -0.25) is 9.69 Å². The summed E-state index contributed by atoms with van der Waals surface area (Å²) in [5.41, 5.74) is 5.93. The lowest BCUT2D eigenvalue weighted by molar-refractivity contribution is -0.120. The van der Waals surface area contributed by atoms with Crippen LogP contribution in [0.4, 0.5) is 5.82 Å². The highest BCUT2D eigenvalue weighted by Gasteiger charge is 2.15. The molecular weight excluding hydrogens is 262 g/mol. The van der Waals surface area contributed by atoms with E-state index in [1.54, 1.807) is 11.3 Å². The molecule has 0 saturated carbocycles. The van der Waals surface area contributed by atoms with Gasteiger partial charge in [0, 0.05) is 26.1 Å². The molecule has 3 N–H and O–H groups in total. The molecule has 1 aliphatic rings. The highest BCUT2D eigenvalue weighted by molar-refractivity contribution is 7.16. The highest BCUT2D eigenvalue weighted by Crippen LogP contribution is 2.23. The van der Waals surface area contributed by atoms with Crippen LogP contribution in [0.2, 0.25) is 0 Å². The van der Waals surface area contributed by atoms with E-state index < -0.39 is 0 Å². The number of hydrogen-bond acceptors (Lipinski definition) is 6. The van der Waals surface area contributed by atoms with Gasteiger partial charge in [-0.1, -0.05) is 0 Å². The average Bonchev–Trinajstić information content (AvgIpc) is 2.75. The fourth-order valence-corrected chi connectivity index (χ4v) is 2.96. The van der Waals surface area contributed by atoms with Gasteiger partial charge in [0.15, 0.2) is 0 Å². The normalized spacial score (nSPS) is 17.4. The summed E-state index contributed by atoms with van der Waals surface area (Å²) in [6.45, 7) is 2.86. The van der Waals surface area contributed by atoms with Crippen molar-refractivity contribution in [3.8, 4) is 0 Å². The van der Waals surface area contributed by atoms with Crippen LogP contribution in [0.3, 0.4) is 0 Å². The largest absolute Gasteiger partial charge is 0.383 e. The number of anilines is 1. The molecule has 3 rings (SSSR count). The molecule has 0 aromatic carbocycles. The third-order valence-corrected chi connectivity index (χ3v) is 3.98. The Labute approximate surface area is 114 Å². The molecule has 0 unspecified atom stereocenters. The van der Waals surface area contributed by atoms with Crippen LogP contribution in [0.1, 0.15) is 12.2 Å². The van der Waals surface area contributed by atoms with E-state index in [0.717, 1.165) is 29.1 Å². The zero-order valence-corrected chi connectivity index (χ0v) is 11.2. The minimum atomic E-state index is 0.108. The first-order valence-electron chi connectivity index (χ1n) is 6.21. The van der Waals surface area contributed by atoms with Crippen molar-refractivity contribution in [1.29, 1.82) is 0 Å². The summed E-state index contributed by atoms with van der Waals surface area (Å²) in [4.78, 5) is 23.2. The van der Waals surface area contributed by atoms with Crippen molar-refractivity contribution in [3.05, 3.63) is 17.3 Å². The number of fused-ring (bicyclic) bond motifs is 1. The van der Waals surface area contributed by atoms with Gasteiger partial charge in [-0.05, 0) is 11.4 Å². The van der Waals surface area contributed by atoms with Crippen LogP contribution in [0, 0.1) is 0 Å². The number of carbonyl (C=O) groups excluding carboxylic acids is 1. The number of rotatable bonds is 2. The number of nitrogens with two attached hydrogens (primary N) is 1. The Morgan fingerprint density at radius 2 is 2.32 bits per heavy atom. The molecule has 1 saturated heterocycles. The molecule has 0 atom stereocenters. The molecule has 2 aromatic rings. The molecule has 0 aliphatic carbocycles.